The van der Waals surface area contributed by atoms with Crippen LogP contribution in [0.1, 0.15) is 78.1 Å². The SMILES string of the molecule is COCCC12CCC(C)(O)CC1CCC1C3CCC(C(=O)Cn4cc5ccc(Cl)cc5n4)C3(C)CCC12. The van der Waals surface area contributed by atoms with E-state index in [0.717, 1.165) is 56.0 Å². The zero-order valence-electron chi connectivity index (χ0n) is 22.7. The van der Waals surface area contributed by atoms with Crippen molar-refractivity contribution in [2.45, 2.75) is 90.2 Å². The molecule has 37 heavy (non-hydrogen) atoms. The van der Waals surface area contributed by atoms with Crippen LogP contribution in [0.2, 0.25) is 5.02 Å². The van der Waals surface area contributed by atoms with E-state index in [1.54, 1.807) is 0 Å². The molecule has 1 aromatic carbocycles. The fraction of sp³-hybridized carbons (Fsp3) is 0.742. The zero-order chi connectivity index (χ0) is 26.0. The quantitative estimate of drug-likeness (QED) is 0.455. The second-order valence-corrected chi connectivity index (χ2v) is 13.9. The molecule has 8 unspecified atom stereocenters. The highest BCUT2D eigenvalue weighted by Crippen LogP contribution is 2.69. The van der Waals surface area contributed by atoms with Crippen LogP contribution >= 0.6 is 11.6 Å². The van der Waals surface area contributed by atoms with E-state index < -0.39 is 5.60 Å². The number of aliphatic hydroxyl groups is 1. The minimum atomic E-state index is -0.523. The van der Waals surface area contributed by atoms with Crippen molar-refractivity contribution >= 4 is 28.3 Å². The van der Waals surface area contributed by atoms with Crippen LogP contribution in [-0.4, -0.2) is 40.0 Å². The summed E-state index contributed by atoms with van der Waals surface area (Å²) in [5.74, 6) is 3.08. The molecule has 4 saturated carbocycles. The number of fused-ring (bicyclic) bond motifs is 6. The lowest BCUT2D eigenvalue weighted by atomic mass is 9.42. The summed E-state index contributed by atoms with van der Waals surface area (Å²) in [4.78, 5) is 13.8. The molecule has 6 heteroatoms. The van der Waals surface area contributed by atoms with Crippen LogP contribution in [0.15, 0.2) is 24.4 Å². The molecule has 5 nitrogen and oxygen atoms in total. The summed E-state index contributed by atoms with van der Waals surface area (Å²) in [6.07, 6.45) is 13.1. The molecular formula is C31H43ClN2O3. The largest absolute Gasteiger partial charge is 0.390 e. The Morgan fingerprint density at radius 3 is 2.78 bits per heavy atom. The summed E-state index contributed by atoms with van der Waals surface area (Å²) in [5, 5.41) is 17.3. The third kappa shape index (κ3) is 4.28. The number of halogens is 1. The minimum absolute atomic E-state index is 0.0869. The summed E-state index contributed by atoms with van der Waals surface area (Å²) >= 11 is 6.15. The molecule has 8 atom stereocenters. The van der Waals surface area contributed by atoms with Gasteiger partial charge in [0.1, 0.15) is 0 Å². The van der Waals surface area contributed by atoms with Gasteiger partial charge >= 0.3 is 0 Å². The van der Waals surface area contributed by atoms with Gasteiger partial charge in [-0.15, -0.1) is 0 Å². The summed E-state index contributed by atoms with van der Waals surface area (Å²) in [6.45, 7) is 5.64. The lowest BCUT2D eigenvalue weighted by Crippen LogP contribution is -2.57. The third-order valence-corrected chi connectivity index (χ3v) is 11.9. The van der Waals surface area contributed by atoms with E-state index in [2.05, 4.69) is 12.0 Å². The maximum atomic E-state index is 13.8. The normalized spacial score (nSPS) is 41.3. The van der Waals surface area contributed by atoms with Crippen molar-refractivity contribution in [3.05, 3.63) is 29.4 Å². The first-order valence-electron chi connectivity index (χ1n) is 14.5. The molecule has 202 valence electrons. The lowest BCUT2D eigenvalue weighted by Gasteiger charge is -2.63. The van der Waals surface area contributed by atoms with E-state index in [1.807, 2.05) is 43.1 Å². The molecule has 1 aromatic heterocycles. The molecule has 2 aromatic rings. The Hall–Kier alpha value is -1.43. The first-order valence-corrected chi connectivity index (χ1v) is 14.9. The van der Waals surface area contributed by atoms with Gasteiger partial charge in [0.05, 0.1) is 17.7 Å². The Labute approximate surface area is 226 Å². The van der Waals surface area contributed by atoms with Crippen molar-refractivity contribution in [3.8, 4) is 0 Å². The fourth-order valence-corrected chi connectivity index (χ4v) is 10.1. The number of benzene rings is 1. The summed E-state index contributed by atoms with van der Waals surface area (Å²) in [7, 11) is 1.83. The summed E-state index contributed by atoms with van der Waals surface area (Å²) in [5.41, 5.74) is 0.705. The summed E-state index contributed by atoms with van der Waals surface area (Å²) in [6, 6.07) is 5.72. The van der Waals surface area contributed by atoms with Gasteiger partial charge in [-0.2, -0.15) is 5.10 Å². The molecule has 0 radical (unpaired) electrons. The van der Waals surface area contributed by atoms with Crippen molar-refractivity contribution in [1.29, 1.82) is 0 Å². The highest BCUT2D eigenvalue weighted by molar-refractivity contribution is 6.31. The van der Waals surface area contributed by atoms with Crippen molar-refractivity contribution in [2.75, 3.05) is 13.7 Å². The van der Waals surface area contributed by atoms with Crippen molar-refractivity contribution in [2.24, 2.45) is 40.4 Å². The van der Waals surface area contributed by atoms with E-state index in [0.29, 0.717) is 46.4 Å². The van der Waals surface area contributed by atoms with Crippen LogP contribution in [0, 0.1) is 40.4 Å². The van der Waals surface area contributed by atoms with Crippen molar-refractivity contribution in [3.63, 3.8) is 0 Å². The molecule has 0 aliphatic heterocycles. The van der Waals surface area contributed by atoms with Crippen LogP contribution in [0.25, 0.3) is 10.9 Å². The smallest absolute Gasteiger partial charge is 0.157 e. The second kappa shape index (κ2) is 9.34. The minimum Gasteiger partial charge on any atom is -0.390 e. The van der Waals surface area contributed by atoms with Crippen molar-refractivity contribution in [1.82, 2.24) is 9.78 Å². The van der Waals surface area contributed by atoms with E-state index in [9.17, 15) is 9.90 Å². The molecular weight excluding hydrogens is 484 g/mol. The van der Waals surface area contributed by atoms with E-state index in [4.69, 9.17) is 16.3 Å². The molecule has 0 bridgehead atoms. The fourth-order valence-electron chi connectivity index (χ4n) is 9.94. The molecule has 4 fully saturated rings. The monoisotopic (exact) mass is 526 g/mol. The number of ketones is 1. The van der Waals surface area contributed by atoms with Crippen LogP contribution in [0.3, 0.4) is 0 Å². The van der Waals surface area contributed by atoms with Gasteiger partial charge in [0.15, 0.2) is 5.78 Å². The highest BCUT2D eigenvalue weighted by atomic mass is 35.5. The summed E-state index contributed by atoms with van der Waals surface area (Å²) < 4.78 is 7.46. The number of ether oxygens (including phenoxy) is 1. The molecule has 0 spiro atoms. The zero-order valence-corrected chi connectivity index (χ0v) is 23.5. The standard InChI is InChI=1S/C31H43ClN2O3/c1-29(36)12-13-31(14-15-37-3)21(17-29)5-7-23-24-8-9-26(30(24,2)11-10-25(23)31)28(35)19-34-18-20-4-6-22(32)16-27(20)33-34/h4,6,16,18,21,23-26,36H,5,7-15,17,19H2,1-3H3. The number of methoxy groups -OCH3 is 1. The van der Waals surface area contributed by atoms with Gasteiger partial charge in [-0.05, 0) is 124 Å². The van der Waals surface area contributed by atoms with Crippen molar-refractivity contribution < 1.29 is 14.6 Å². The van der Waals surface area contributed by atoms with Crippen LogP contribution in [0.4, 0.5) is 0 Å². The number of aromatic nitrogens is 2. The van der Waals surface area contributed by atoms with E-state index in [-0.39, 0.29) is 11.3 Å². The van der Waals surface area contributed by atoms with Crippen LogP contribution in [0.5, 0.6) is 0 Å². The maximum Gasteiger partial charge on any atom is 0.157 e. The van der Waals surface area contributed by atoms with Gasteiger partial charge in [0.25, 0.3) is 0 Å². The van der Waals surface area contributed by atoms with E-state index in [1.165, 1.54) is 25.7 Å². The Balaban J connectivity index is 1.22. The predicted octanol–water partition coefficient (Wildman–Crippen LogP) is 6.69. The van der Waals surface area contributed by atoms with Gasteiger partial charge < -0.3 is 9.84 Å². The van der Waals surface area contributed by atoms with Gasteiger partial charge in [0, 0.05) is 36.2 Å². The molecule has 1 heterocycles. The Morgan fingerprint density at radius 1 is 1.14 bits per heavy atom. The van der Waals surface area contributed by atoms with Crippen LogP contribution < -0.4 is 0 Å². The maximum absolute atomic E-state index is 13.8. The number of carbonyl (C=O) groups excluding carboxylic acids is 1. The van der Waals surface area contributed by atoms with Crippen LogP contribution in [-0.2, 0) is 16.1 Å². The average Bonchev–Trinajstić information content (AvgIpc) is 3.41. The highest BCUT2D eigenvalue weighted by Gasteiger charge is 2.62. The predicted molar refractivity (Wildman–Crippen MR) is 146 cm³/mol. The number of Topliss-reactive ketones (excluding diaryl/α,β-unsaturated/α-hetero) is 1. The third-order valence-electron chi connectivity index (χ3n) is 11.6. The van der Waals surface area contributed by atoms with E-state index >= 15 is 0 Å². The molecule has 0 saturated heterocycles. The van der Waals surface area contributed by atoms with Gasteiger partial charge in [-0.1, -0.05) is 18.5 Å². The van der Waals surface area contributed by atoms with Gasteiger partial charge in [-0.3, -0.25) is 9.48 Å². The Kier molecular flexibility index (Phi) is 6.52. The lowest BCUT2D eigenvalue weighted by molar-refractivity contribution is -0.163. The molecule has 1 N–H and O–H groups in total. The first kappa shape index (κ1) is 25.8. The second-order valence-electron chi connectivity index (χ2n) is 13.5. The number of rotatable bonds is 6. The molecule has 6 rings (SSSR count). The Morgan fingerprint density at radius 2 is 1.97 bits per heavy atom. The number of carbonyl (C=O) groups is 1. The molecule has 4 aliphatic carbocycles. The number of hydrogen-bond acceptors (Lipinski definition) is 4. The number of nitrogens with zero attached hydrogens (tertiary/aromatic N) is 2. The molecule has 4 aliphatic rings. The Bertz CT molecular complexity index is 1180. The number of hydrogen-bond donors (Lipinski definition) is 1. The topological polar surface area (TPSA) is 64.3 Å². The molecule has 0 amide bonds. The average molecular weight is 527 g/mol. The van der Waals surface area contributed by atoms with Gasteiger partial charge in [-0.25, -0.2) is 0 Å². The first-order chi connectivity index (χ1) is 17.6. The van der Waals surface area contributed by atoms with Gasteiger partial charge in [0.2, 0.25) is 0 Å².